The Balaban J connectivity index is 3.07. The Bertz CT molecular complexity index is 385. The van der Waals surface area contributed by atoms with Gasteiger partial charge in [0, 0.05) is 16.8 Å². The molecule has 88 valence electrons. The Labute approximate surface area is 105 Å². The molecule has 0 aromatic heterocycles. The zero-order valence-electron chi connectivity index (χ0n) is 8.05. The van der Waals surface area contributed by atoms with E-state index < -0.39 is 6.61 Å². The van der Waals surface area contributed by atoms with Crippen molar-refractivity contribution in [2.45, 2.75) is 13.0 Å². The normalized spacial score (nSPS) is 10.6. The highest BCUT2D eigenvalue weighted by Crippen LogP contribution is 2.29. The number of ketones is 1. The van der Waals surface area contributed by atoms with E-state index in [1.807, 2.05) is 0 Å². The van der Waals surface area contributed by atoms with Crippen molar-refractivity contribution in [2.75, 3.05) is 5.88 Å². The van der Waals surface area contributed by atoms with E-state index in [1.165, 1.54) is 12.1 Å². The van der Waals surface area contributed by atoms with Gasteiger partial charge >= 0.3 is 6.61 Å². The molecule has 0 amide bonds. The van der Waals surface area contributed by atoms with Crippen molar-refractivity contribution in [2.24, 2.45) is 0 Å². The maximum Gasteiger partial charge on any atom is 0.387 e. The number of carbonyl (C=O) groups is 1. The molecule has 0 aliphatic heterocycles. The molecule has 0 N–H and O–H groups in total. The summed E-state index contributed by atoms with van der Waals surface area (Å²) in [7, 11) is 0. The zero-order chi connectivity index (χ0) is 12.1. The van der Waals surface area contributed by atoms with Gasteiger partial charge in [-0.05, 0) is 28.1 Å². The highest BCUT2D eigenvalue weighted by atomic mass is 79.9. The summed E-state index contributed by atoms with van der Waals surface area (Å²) in [6, 6.07) is 4.41. The van der Waals surface area contributed by atoms with Crippen molar-refractivity contribution < 1.29 is 18.3 Å². The third-order valence-electron chi connectivity index (χ3n) is 1.79. The minimum atomic E-state index is -2.96. The van der Waals surface area contributed by atoms with Crippen molar-refractivity contribution in [3.05, 3.63) is 28.2 Å². The molecule has 0 unspecified atom stereocenters. The van der Waals surface area contributed by atoms with Crippen LogP contribution in [0, 0.1) is 0 Å². The van der Waals surface area contributed by atoms with Gasteiger partial charge in [-0.3, -0.25) is 4.79 Å². The lowest BCUT2D eigenvalue weighted by Gasteiger charge is -2.10. The minimum Gasteiger partial charge on any atom is -0.434 e. The van der Waals surface area contributed by atoms with E-state index >= 15 is 0 Å². The van der Waals surface area contributed by atoms with Crippen molar-refractivity contribution in [3.8, 4) is 5.75 Å². The summed E-state index contributed by atoms with van der Waals surface area (Å²) in [5.74, 6) is -0.341. The molecular formula is C10H8BrClF2O2. The number of alkyl halides is 3. The van der Waals surface area contributed by atoms with E-state index in [4.69, 9.17) is 11.6 Å². The zero-order valence-corrected chi connectivity index (χ0v) is 10.4. The predicted octanol–water partition coefficient (Wildman–Crippen LogP) is 3.86. The van der Waals surface area contributed by atoms with E-state index in [0.717, 1.165) is 0 Å². The van der Waals surface area contributed by atoms with Crippen LogP contribution >= 0.6 is 27.5 Å². The molecule has 0 aliphatic rings. The van der Waals surface area contributed by atoms with Crippen molar-refractivity contribution in [1.29, 1.82) is 0 Å². The Morgan fingerprint density at radius 2 is 2.19 bits per heavy atom. The van der Waals surface area contributed by atoms with Gasteiger partial charge in [-0.25, -0.2) is 0 Å². The van der Waals surface area contributed by atoms with Gasteiger partial charge in [-0.1, -0.05) is 6.07 Å². The summed E-state index contributed by atoms with van der Waals surface area (Å²) in [4.78, 5) is 11.6. The first-order valence-electron chi connectivity index (χ1n) is 4.38. The molecule has 0 aliphatic carbocycles. The largest absolute Gasteiger partial charge is 0.434 e. The highest BCUT2D eigenvalue weighted by Gasteiger charge is 2.18. The van der Waals surface area contributed by atoms with Crippen LogP contribution in [0.4, 0.5) is 8.78 Å². The number of hydrogen-bond donors (Lipinski definition) is 0. The second-order valence-electron chi connectivity index (χ2n) is 2.85. The van der Waals surface area contributed by atoms with Gasteiger partial charge in [0.05, 0.1) is 5.56 Å². The van der Waals surface area contributed by atoms with Crippen LogP contribution < -0.4 is 4.74 Å². The van der Waals surface area contributed by atoms with E-state index in [0.29, 0.717) is 4.47 Å². The lowest BCUT2D eigenvalue weighted by atomic mass is 10.1. The van der Waals surface area contributed by atoms with Crippen LogP contribution in [0.5, 0.6) is 5.75 Å². The molecule has 16 heavy (non-hydrogen) atoms. The van der Waals surface area contributed by atoms with Crippen molar-refractivity contribution >= 4 is 33.3 Å². The molecule has 0 saturated carbocycles. The van der Waals surface area contributed by atoms with Gasteiger partial charge in [-0.15, -0.1) is 11.6 Å². The Morgan fingerprint density at radius 1 is 1.50 bits per heavy atom. The van der Waals surface area contributed by atoms with Crippen molar-refractivity contribution in [1.82, 2.24) is 0 Å². The summed E-state index contributed by atoms with van der Waals surface area (Å²) in [6.45, 7) is -2.96. The Kier molecular flexibility index (Phi) is 5.15. The molecule has 0 atom stereocenters. The average Bonchev–Trinajstić information content (AvgIpc) is 2.16. The molecule has 0 bridgehead atoms. The summed E-state index contributed by atoms with van der Waals surface area (Å²) in [5, 5.41) is 0. The molecule has 0 fully saturated rings. The molecule has 0 saturated heterocycles. The number of benzene rings is 1. The molecule has 1 rings (SSSR count). The number of rotatable bonds is 5. The average molecular weight is 314 g/mol. The highest BCUT2D eigenvalue weighted by molar-refractivity contribution is 9.10. The van der Waals surface area contributed by atoms with E-state index in [-0.39, 0.29) is 29.4 Å². The first-order chi connectivity index (χ1) is 7.56. The van der Waals surface area contributed by atoms with Gasteiger partial charge in [0.2, 0.25) is 0 Å². The minimum absolute atomic E-state index is 0.0732. The van der Waals surface area contributed by atoms with Crippen molar-refractivity contribution in [3.63, 3.8) is 0 Å². The monoisotopic (exact) mass is 312 g/mol. The van der Waals surface area contributed by atoms with Crippen LogP contribution in [0.25, 0.3) is 0 Å². The number of Topliss-reactive ketones (excluding diaryl/α,β-unsaturated/α-hetero) is 1. The number of carbonyl (C=O) groups excluding carboxylic acids is 1. The van der Waals surface area contributed by atoms with E-state index in [1.54, 1.807) is 6.07 Å². The second-order valence-corrected chi connectivity index (χ2v) is 4.09. The van der Waals surface area contributed by atoms with Gasteiger partial charge in [0.1, 0.15) is 5.75 Å². The fraction of sp³-hybridized carbons (Fsp3) is 0.300. The molecule has 6 heteroatoms. The molecule has 0 heterocycles. The number of hydrogen-bond acceptors (Lipinski definition) is 2. The first-order valence-corrected chi connectivity index (χ1v) is 5.71. The Hall–Kier alpha value is -0.680. The van der Waals surface area contributed by atoms with E-state index in [9.17, 15) is 13.6 Å². The maximum absolute atomic E-state index is 12.1. The Morgan fingerprint density at radius 3 is 2.75 bits per heavy atom. The smallest absolute Gasteiger partial charge is 0.387 e. The summed E-state index contributed by atoms with van der Waals surface area (Å²) < 4.78 is 28.9. The van der Waals surface area contributed by atoms with Crippen LogP contribution in [0.15, 0.2) is 22.7 Å². The summed E-state index contributed by atoms with van der Waals surface area (Å²) >= 11 is 8.55. The van der Waals surface area contributed by atoms with E-state index in [2.05, 4.69) is 20.7 Å². The lowest BCUT2D eigenvalue weighted by molar-refractivity contribution is -0.0501. The van der Waals surface area contributed by atoms with Gasteiger partial charge in [-0.2, -0.15) is 8.78 Å². The van der Waals surface area contributed by atoms with Gasteiger partial charge in [0.25, 0.3) is 0 Å². The summed E-state index contributed by atoms with van der Waals surface area (Å²) in [5.41, 5.74) is 0.100. The molecule has 1 aromatic carbocycles. The van der Waals surface area contributed by atoms with Crippen LogP contribution in [-0.4, -0.2) is 18.3 Å². The molecule has 0 radical (unpaired) electrons. The quantitative estimate of drug-likeness (QED) is 0.609. The molecular weight excluding hydrogens is 305 g/mol. The van der Waals surface area contributed by atoms with Gasteiger partial charge in [0.15, 0.2) is 5.78 Å². The third kappa shape index (κ3) is 3.42. The van der Waals surface area contributed by atoms with Crippen LogP contribution in [0.1, 0.15) is 16.8 Å². The third-order valence-corrected chi connectivity index (χ3v) is 2.64. The predicted molar refractivity (Wildman–Crippen MR) is 60.4 cm³/mol. The standard InChI is InChI=1S/C10H8BrClF2O2/c11-6-2-1-3-8(16-10(13)14)9(6)7(15)4-5-12/h1-3,10H,4-5H2. The first kappa shape index (κ1) is 13.4. The van der Waals surface area contributed by atoms with Crippen LogP contribution in [-0.2, 0) is 0 Å². The molecule has 0 spiro atoms. The van der Waals surface area contributed by atoms with Crippen LogP contribution in [0.3, 0.4) is 0 Å². The fourth-order valence-corrected chi connectivity index (χ4v) is 1.92. The summed E-state index contributed by atoms with van der Waals surface area (Å²) in [6.07, 6.45) is 0.0732. The number of ether oxygens (including phenoxy) is 1. The van der Waals surface area contributed by atoms with Crippen LogP contribution in [0.2, 0.25) is 0 Å². The SMILES string of the molecule is O=C(CCCl)c1c(Br)cccc1OC(F)F. The lowest BCUT2D eigenvalue weighted by Crippen LogP contribution is -2.09. The maximum atomic E-state index is 12.1. The molecule has 2 nitrogen and oxygen atoms in total. The van der Waals surface area contributed by atoms with Gasteiger partial charge < -0.3 is 4.74 Å². The fourth-order valence-electron chi connectivity index (χ4n) is 1.18. The topological polar surface area (TPSA) is 26.3 Å². The second kappa shape index (κ2) is 6.15. The number of halogens is 4. The molecule has 1 aromatic rings.